The highest BCUT2D eigenvalue weighted by atomic mass is 16.5. The second kappa shape index (κ2) is 7.51. The van der Waals surface area contributed by atoms with E-state index in [9.17, 15) is 4.79 Å². The maximum Gasteiger partial charge on any atom is 0.374 e. The molecule has 4 aromatic rings. The fourth-order valence-corrected chi connectivity index (χ4v) is 2.95. The van der Waals surface area contributed by atoms with E-state index < -0.39 is 5.97 Å². The third-order valence-electron chi connectivity index (χ3n) is 4.38. The SMILES string of the molecule is Cc1cccc(COC(=O)c2nc3cc(N)c(C(=N)c4ccncc4)cc3[nH]2)n1. The first-order valence-corrected chi connectivity index (χ1v) is 8.89. The van der Waals surface area contributed by atoms with Crippen molar-refractivity contribution in [2.45, 2.75) is 13.5 Å². The van der Waals surface area contributed by atoms with Crippen LogP contribution in [0.2, 0.25) is 0 Å². The van der Waals surface area contributed by atoms with Gasteiger partial charge in [0, 0.05) is 34.9 Å². The van der Waals surface area contributed by atoms with Gasteiger partial charge < -0.3 is 15.5 Å². The van der Waals surface area contributed by atoms with E-state index in [0.717, 1.165) is 5.69 Å². The molecule has 0 bridgehead atoms. The molecule has 0 atom stereocenters. The summed E-state index contributed by atoms with van der Waals surface area (Å²) in [7, 11) is 0. The largest absolute Gasteiger partial charge is 0.453 e. The number of ether oxygens (including phenoxy) is 1. The van der Waals surface area contributed by atoms with E-state index in [1.807, 2.05) is 19.1 Å². The van der Waals surface area contributed by atoms with Gasteiger partial charge in [0.15, 0.2) is 0 Å². The zero-order valence-electron chi connectivity index (χ0n) is 15.6. The van der Waals surface area contributed by atoms with Crippen molar-refractivity contribution >= 4 is 28.4 Å². The Balaban J connectivity index is 1.57. The summed E-state index contributed by atoms with van der Waals surface area (Å²) in [4.78, 5) is 27.8. The highest BCUT2D eigenvalue weighted by Gasteiger charge is 2.16. The molecule has 8 heteroatoms. The van der Waals surface area contributed by atoms with Crippen molar-refractivity contribution < 1.29 is 9.53 Å². The quantitative estimate of drug-likeness (QED) is 0.274. The Labute approximate surface area is 166 Å². The number of benzene rings is 1. The van der Waals surface area contributed by atoms with E-state index in [1.165, 1.54) is 0 Å². The molecular formula is C21H18N6O2. The minimum absolute atomic E-state index is 0.0532. The number of nitrogens with zero attached hydrogens (tertiary/aromatic N) is 3. The number of aryl methyl sites for hydroxylation is 1. The Bertz CT molecular complexity index is 1220. The van der Waals surface area contributed by atoms with Crippen LogP contribution < -0.4 is 5.73 Å². The van der Waals surface area contributed by atoms with E-state index in [0.29, 0.717) is 33.5 Å². The van der Waals surface area contributed by atoms with Crippen LogP contribution in [0.15, 0.2) is 54.9 Å². The fourth-order valence-electron chi connectivity index (χ4n) is 2.95. The number of aromatic nitrogens is 4. The lowest BCUT2D eigenvalue weighted by Crippen LogP contribution is -2.08. The Morgan fingerprint density at radius 1 is 1.17 bits per heavy atom. The van der Waals surface area contributed by atoms with Crippen molar-refractivity contribution in [3.63, 3.8) is 0 Å². The van der Waals surface area contributed by atoms with Crippen LogP contribution in [0.4, 0.5) is 5.69 Å². The molecule has 29 heavy (non-hydrogen) atoms. The molecule has 0 saturated heterocycles. The number of nitrogens with two attached hydrogens (primary N) is 1. The van der Waals surface area contributed by atoms with E-state index in [-0.39, 0.29) is 18.1 Å². The number of carbonyl (C=O) groups is 1. The van der Waals surface area contributed by atoms with Crippen molar-refractivity contribution in [1.82, 2.24) is 19.9 Å². The number of imidazole rings is 1. The van der Waals surface area contributed by atoms with Crippen LogP contribution in [0.25, 0.3) is 11.0 Å². The molecule has 1 aromatic carbocycles. The van der Waals surface area contributed by atoms with E-state index in [4.69, 9.17) is 15.9 Å². The Hall–Kier alpha value is -4.07. The van der Waals surface area contributed by atoms with Crippen LogP contribution in [-0.4, -0.2) is 31.6 Å². The molecule has 4 N–H and O–H groups in total. The smallest absolute Gasteiger partial charge is 0.374 e. The maximum absolute atomic E-state index is 12.4. The lowest BCUT2D eigenvalue weighted by molar-refractivity contribution is 0.0454. The summed E-state index contributed by atoms with van der Waals surface area (Å²) in [5.41, 5.74) is 10.6. The van der Waals surface area contributed by atoms with Gasteiger partial charge in [-0.2, -0.15) is 0 Å². The Morgan fingerprint density at radius 2 is 1.97 bits per heavy atom. The summed E-state index contributed by atoms with van der Waals surface area (Å²) in [6.07, 6.45) is 3.23. The van der Waals surface area contributed by atoms with Gasteiger partial charge in [0.25, 0.3) is 0 Å². The summed E-state index contributed by atoms with van der Waals surface area (Å²) in [6, 6.07) is 12.3. The lowest BCUT2D eigenvalue weighted by atomic mass is 10.0. The molecular weight excluding hydrogens is 368 g/mol. The molecule has 0 aliphatic carbocycles. The summed E-state index contributed by atoms with van der Waals surface area (Å²) in [5.74, 6) is -0.520. The number of nitrogens with one attached hydrogen (secondary N) is 2. The summed E-state index contributed by atoms with van der Waals surface area (Å²) in [5, 5.41) is 8.42. The van der Waals surface area contributed by atoms with Crippen LogP contribution in [0.5, 0.6) is 0 Å². The summed E-state index contributed by atoms with van der Waals surface area (Å²) < 4.78 is 5.30. The molecule has 3 heterocycles. The average molecular weight is 386 g/mol. The van der Waals surface area contributed by atoms with Gasteiger partial charge in [0.05, 0.1) is 22.4 Å². The monoisotopic (exact) mass is 386 g/mol. The van der Waals surface area contributed by atoms with Crippen LogP contribution in [0, 0.1) is 12.3 Å². The number of rotatable bonds is 5. The number of hydrogen-bond acceptors (Lipinski definition) is 7. The number of hydrogen-bond donors (Lipinski definition) is 3. The molecule has 3 aromatic heterocycles. The van der Waals surface area contributed by atoms with Gasteiger partial charge in [0.1, 0.15) is 6.61 Å². The van der Waals surface area contributed by atoms with Crippen molar-refractivity contribution in [1.29, 1.82) is 5.41 Å². The Morgan fingerprint density at radius 3 is 2.72 bits per heavy atom. The number of aromatic amines is 1. The molecule has 0 amide bonds. The van der Waals surface area contributed by atoms with Crippen LogP contribution in [0.1, 0.15) is 33.1 Å². The predicted molar refractivity (Wildman–Crippen MR) is 109 cm³/mol. The van der Waals surface area contributed by atoms with Crippen LogP contribution >= 0.6 is 0 Å². The minimum Gasteiger partial charge on any atom is -0.453 e. The fraction of sp³-hybridized carbons (Fsp3) is 0.0952. The topological polar surface area (TPSA) is 131 Å². The number of esters is 1. The van der Waals surface area contributed by atoms with Gasteiger partial charge >= 0.3 is 5.97 Å². The molecule has 0 aliphatic heterocycles. The van der Waals surface area contributed by atoms with Gasteiger partial charge in [-0.25, -0.2) is 9.78 Å². The van der Waals surface area contributed by atoms with E-state index in [1.54, 1.807) is 42.7 Å². The number of carbonyl (C=O) groups excluding carboxylic acids is 1. The van der Waals surface area contributed by atoms with Crippen molar-refractivity contribution in [2.24, 2.45) is 0 Å². The first-order chi connectivity index (χ1) is 14.0. The second-order valence-corrected chi connectivity index (χ2v) is 6.50. The van der Waals surface area contributed by atoms with Gasteiger partial charge in [-0.15, -0.1) is 0 Å². The van der Waals surface area contributed by atoms with E-state index >= 15 is 0 Å². The normalized spacial score (nSPS) is 10.8. The molecule has 8 nitrogen and oxygen atoms in total. The summed E-state index contributed by atoms with van der Waals surface area (Å²) >= 11 is 0. The molecule has 0 saturated carbocycles. The number of nitrogen functional groups attached to an aromatic ring is 1. The predicted octanol–water partition coefficient (Wildman–Crippen LogP) is 3.02. The molecule has 0 spiro atoms. The molecule has 0 fully saturated rings. The zero-order chi connectivity index (χ0) is 20.4. The van der Waals surface area contributed by atoms with Gasteiger partial charge in [-0.05, 0) is 43.3 Å². The average Bonchev–Trinajstić information content (AvgIpc) is 3.14. The third kappa shape index (κ3) is 3.81. The molecule has 0 unspecified atom stereocenters. The van der Waals surface area contributed by atoms with Crippen LogP contribution in [0.3, 0.4) is 0 Å². The maximum atomic E-state index is 12.4. The molecule has 0 aliphatic rings. The van der Waals surface area contributed by atoms with Gasteiger partial charge in [-0.1, -0.05) is 6.07 Å². The number of fused-ring (bicyclic) bond motifs is 1. The minimum atomic E-state index is -0.589. The van der Waals surface area contributed by atoms with Crippen LogP contribution in [-0.2, 0) is 11.3 Å². The van der Waals surface area contributed by atoms with Gasteiger partial charge in [0.2, 0.25) is 5.82 Å². The van der Waals surface area contributed by atoms with Crippen molar-refractivity contribution in [3.8, 4) is 0 Å². The Kier molecular flexibility index (Phi) is 4.74. The highest BCUT2D eigenvalue weighted by Crippen LogP contribution is 2.23. The lowest BCUT2D eigenvalue weighted by Gasteiger charge is -2.07. The van der Waals surface area contributed by atoms with E-state index in [2.05, 4.69) is 19.9 Å². The molecule has 144 valence electrons. The van der Waals surface area contributed by atoms with Crippen molar-refractivity contribution in [3.05, 3.63) is 83.2 Å². The second-order valence-electron chi connectivity index (χ2n) is 6.50. The first kappa shape index (κ1) is 18.3. The molecule has 0 radical (unpaired) electrons. The number of anilines is 1. The van der Waals surface area contributed by atoms with Gasteiger partial charge in [-0.3, -0.25) is 15.4 Å². The number of H-pyrrole nitrogens is 1. The first-order valence-electron chi connectivity index (χ1n) is 8.89. The standard InChI is InChI=1S/C21H18N6O2/c1-12-3-2-4-14(25-12)11-29-21(28)20-26-17-9-15(16(22)10-18(17)27-20)19(23)13-5-7-24-8-6-13/h2-10,23H,11,22H2,1H3,(H,26,27). The number of pyridine rings is 2. The third-order valence-corrected chi connectivity index (χ3v) is 4.38. The van der Waals surface area contributed by atoms with Crippen molar-refractivity contribution in [2.75, 3.05) is 5.73 Å². The zero-order valence-corrected chi connectivity index (χ0v) is 15.6. The highest BCUT2D eigenvalue weighted by molar-refractivity contribution is 6.15. The summed E-state index contributed by atoms with van der Waals surface area (Å²) in [6.45, 7) is 1.92. The molecule has 4 rings (SSSR count).